The minimum atomic E-state index is 0.164. The van der Waals surface area contributed by atoms with Gasteiger partial charge in [-0.15, -0.1) is 0 Å². The van der Waals surface area contributed by atoms with Gasteiger partial charge in [0.15, 0.2) is 0 Å². The van der Waals surface area contributed by atoms with Gasteiger partial charge in [-0.1, -0.05) is 37.5 Å². The molecule has 2 fully saturated rings. The normalized spacial score (nSPS) is 27.2. The van der Waals surface area contributed by atoms with E-state index in [9.17, 15) is 4.79 Å². The van der Waals surface area contributed by atoms with Gasteiger partial charge in [0, 0.05) is 11.7 Å². The molecule has 3 nitrogen and oxygen atoms in total. The van der Waals surface area contributed by atoms with Crippen LogP contribution in [-0.4, -0.2) is 29.9 Å². The molecule has 2 aliphatic rings. The zero-order chi connectivity index (χ0) is 14.5. The Kier molecular flexibility index (Phi) is 4.91. The van der Waals surface area contributed by atoms with E-state index in [2.05, 4.69) is 10.2 Å². The number of nitrogens with zero attached hydrogens (tertiary/aromatic N) is 1. The van der Waals surface area contributed by atoms with Crippen molar-refractivity contribution in [3.8, 4) is 0 Å². The third-order valence-corrected chi connectivity index (χ3v) is 4.97. The predicted octanol–water partition coefficient (Wildman–Crippen LogP) is 3.67. The molecule has 21 heavy (non-hydrogen) atoms. The fraction of sp³-hybridized carbons (Fsp3) is 0.611. The van der Waals surface area contributed by atoms with Crippen LogP contribution in [-0.2, 0) is 4.79 Å². The van der Waals surface area contributed by atoms with Crippen LogP contribution in [0.4, 0.5) is 5.69 Å². The first kappa shape index (κ1) is 14.6. The number of hydrogen-bond acceptors (Lipinski definition) is 2. The number of para-hydroxylation sites is 1. The Bertz CT molecular complexity index is 454. The summed E-state index contributed by atoms with van der Waals surface area (Å²) in [5.41, 5.74) is 0.922. The number of hydrogen-bond donors (Lipinski definition) is 1. The summed E-state index contributed by atoms with van der Waals surface area (Å²) in [7, 11) is 0. The third-order valence-electron chi connectivity index (χ3n) is 4.97. The fourth-order valence-electron chi connectivity index (χ4n) is 3.86. The van der Waals surface area contributed by atoms with Crippen molar-refractivity contribution >= 4 is 11.6 Å². The SMILES string of the molecule is O=C(Nc1ccccc1)[C@@H]1CCCC[C@@H]1N1CCCCC1. The summed E-state index contributed by atoms with van der Waals surface area (Å²) in [6.07, 6.45) is 8.64. The van der Waals surface area contributed by atoms with Crippen LogP contribution in [0.2, 0.25) is 0 Å². The summed E-state index contributed by atoms with van der Waals surface area (Å²) in [6, 6.07) is 10.3. The van der Waals surface area contributed by atoms with Gasteiger partial charge in [-0.2, -0.15) is 0 Å². The largest absolute Gasteiger partial charge is 0.326 e. The van der Waals surface area contributed by atoms with Crippen LogP contribution in [0.5, 0.6) is 0 Å². The van der Waals surface area contributed by atoms with E-state index in [4.69, 9.17) is 0 Å². The monoisotopic (exact) mass is 286 g/mol. The maximum atomic E-state index is 12.7. The zero-order valence-corrected chi connectivity index (χ0v) is 12.8. The Balaban J connectivity index is 1.66. The fourth-order valence-corrected chi connectivity index (χ4v) is 3.86. The van der Waals surface area contributed by atoms with E-state index in [1.807, 2.05) is 30.3 Å². The lowest BCUT2D eigenvalue weighted by Crippen LogP contribution is -2.48. The van der Waals surface area contributed by atoms with Crippen LogP contribution in [0.1, 0.15) is 44.9 Å². The number of carbonyl (C=O) groups excluding carboxylic acids is 1. The highest BCUT2D eigenvalue weighted by molar-refractivity contribution is 5.93. The van der Waals surface area contributed by atoms with Crippen LogP contribution in [0, 0.1) is 5.92 Å². The molecule has 1 aliphatic carbocycles. The Labute approximate surface area is 127 Å². The smallest absolute Gasteiger partial charge is 0.229 e. The molecule has 1 saturated carbocycles. The second-order valence-electron chi connectivity index (χ2n) is 6.41. The number of benzene rings is 1. The van der Waals surface area contributed by atoms with Crippen LogP contribution in [0.25, 0.3) is 0 Å². The zero-order valence-electron chi connectivity index (χ0n) is 12.8. The van der Waals surface area contributed by atoms with E-state index in [0.29, 0.717) is 6.04 Å². The lowest BCUT2D eigenvalue weighted by atomic mass is 9.82. The lowest BCUT2D eigenvalue weighted by molar-refractivity contribution is -0.123. The number of nitrogens with one attached hydrogen (secondary N) is 1. The van der Waals surface area contributed by atoms with Gasteiger partial charge >= 0.3 is 0 Å². The molecule has 2 atom stereocenters. The van der Waals surface area contributed by atoms with Gasteiger partial charge in [0.25, 0.3) is 0 Å². The summed E-state index contributed by atoms with van der Waals surface area (Å²) in [5, 5.41) is 3.12. The second kappa shape index (κ2) is 7.08. The van der Waals surface area contributed by atoms with Crippen molar-refractivity contribution in [1.29, 1.82) is 0 Å². The molecule has 3 rings (SSSR count). The molecule has 3 heteroatoms. The quantitative estimate of drug-likeness (QED) is 0.919. The Hall–Kier alpha value is -1.35. The minimum Gasteiger partial charge on any atom is -0.326 e. The Morgan fingerprint density at radius 3 is 2.43 bits per heavy atom. The average molecular weight is 286 g/mol. The Morgan fingerprint density at radius 2 is 1.67 bits per heavy atom. The molecule has 0 spiro atoms. The van der Waals surface area contributed by atoms with Crippen LogP contribution < -0.4 is 5.32 Å². The molecule has 0 bridgehead atoms. The third kappa shape index (κ3) is 3.65. The van der Waals surface area contributed by atoms with E-state index in [-0.39, 0.29) is 11.8 Å². The van der Waals surface area contributed by atoms with Crippen molar-refractivity contribution in [3.05, 3.63) is 30.3 Å². The molecule has 1 aliphatic heterocycles. The molecule has 1 heterocycles. The van der Waals surface area contributed by atoms with Gasteiger partial charge in [0.2, 0.25) is 5.91 Å². The van der Waals surface area contributed by atoms with E-state index < -0.39 is 0 Å². The summed E-state index contributed by atoms with van der Waals surface area (Å²) in [5.74, 6) is 0.383. The number of piperidine rings is 1. The van der Waals surface area contributed by atoms with Gasteiger partial charge in [-0.3, -0.25) is 9.69 Å². The topological polar surface area (TPSA) is 32.3 Å². The van der Waals surface area contributed by atoms with Crippen molar-refractivity contribution in [2.24, 2.45) is 5.92 Å². The summed E-state index contributed by atoms with van der Waals surface area (Å²) in [6.45, 7) is 2.36. The summed E-state index contributed by atoms with van der Waals surface area (Å²) >= 11 is 0. The van der Waals surface area contributed by atoms with Crippen molar-refractivity contribution in [1.82, 2.24) is 4.90 Å². The second-order valence-corrected chi connectivity index (χ2v) is 6.41. The van der Waals surface area contributed by atoms with Crippen molar-refractivity contribution in [2.75, 3.05) is 18.4 Å². The highest BCUT2D eigenvalue weighted by Gasteiger charge is 2.35. The average Bonchev–Trinajstić information content (AvgIpc) is 2.56. The van der Waals surface area contributed by atoms with E-state index in [1.165, 1.54) is 51.6 Å². The maximum Gasteiger partial charge on any atom is 0.229 e. The number of likely N-dealkylation sites (tertiary alicyclic amines) is 1. The first-order valence-electron chi connectivity index (χ1n) is 8.44. The van der Waals surface area contributed by atoms with Crippen LogP contribution in [0.15, 0.2) is 30.3 Å². The molecule has 0 unspecified atom stereocenters. The molecule has 1 N–H and O–H groups in total. The highest BCUT2D eigenvalue weighted by Crippen LogP contribution is 2.31. The Morgan fingerprint density at radius 1 is 0.952 bits per heavy atom. The van der Waals surface area contributed by atoms with E-state index in [0.717, 1.165) is 12.1 Å². The van der Waals surface area contributed by atoms with E-state index >= 15 is 0 Å². The van der Waals surface area contributed by atoms with Crippen molar-refractivity contribution in [3.63, 3.8) is 0 Å². The number of amides is 1. The lowest BCUT2D eigenvalue weighted by Gasteiger charge is -2.41. The predicted molar refractivity (Wildman–Crippen MR) is 86.2 cm³/mol. The standard InChI is InChI=1S/C18H26N2O/c21-18(19-15-9-3-1-4-10-15)16-11-5-6-12-17(16)20-13-7-2-8-14-20/h1,3-4,9-10,16-17H,2,5-8,11-14H2,(H,19,21)/t16-,17+/m1/s1. The van der Waals surface area contributed by atoms with Crippen molar-refractivity contribution < 1.29 is 4.79 Å². The molecule has 1 amide bonds. The summed E-state index contributed by atoms with van der Waals surface area (Å²) < 4.78 is 0. The molecular formula is C18H26N2O. The van der Waals surface area contributed by atoms with Crippen LogP contribution >= 0.6 is 0 Å². The maximum absolute atomic E-state index is 12.7. The van der Waals surface area contributed by atoms with Gasteiger partial charge < -0.3 is 5.32 Å². The molecule has 0 radical (unpaired) electrons. The molecular weight excluding hydrogens is 260 g/mol. The molecule has 1 saturated heterocycles. The van der Waals surface area contributed by atoms with Gasteiger partial charge in [0.05, 0.1) is 5.92 Å². The first-order valence-corrected chi connectivity index (χ1v) is 8.44. The molecule has 1 aromatic carbocycles. The number of rotatable bonds is 3. The minimum absolute atomic E-state index is 0.164. The molecule has 0 aromatic heterocycles. The first-order chi connectivity index (χ1) is 10.3. The number of anilines is 1. The number of carbonyl (C=O) groups is 1. The van der Waals surface area contributed by atoms with Gasteiger partial charge in [-0.05, 0) is 50.9 Å². The summed E-state index contributed by atoms with van der Waals surface area (Å²) in [4.78, 5) is 15.3. The highest BCUT2D eigenvalue weighted by atomic mass is 16.1. The van der Waals surface area contributed by atoms with Crippen molar-refractivity contribution in [2.45, 2.75) is 51.0 Å². The van der Waals surface area contributed by atoms with Crippen LogP contribution in [0.3, 0.4) is 0 Å². The van der Waals surface area contributed by atoms with E-state index in [1.54, 1.807) is 0 Å². The molecule has 1 aromatic rings. The van der Waals surface area contributed by atoms with Gasteiger partial charge in [0.1, 0.15) is 0 Å². The van der Waals surface area contributed by atoms with Gasteiger partial charge in [-0.25, -0.2) is 0 Å². The molecule has 114 valence electrons.